The van der Waals surface area contributed by atoms with Crippen molar-refractivity contribution >= 4 is 44.4 Å². The van der Waals surface area contributed by atoms with Gasteiger partial charge in [0.2, 0.25) is 0 Å². The second-order valence-corrected chi connectivity index (χ2v) is 11.9. The Hall–Kier alpha value is -5.41. The fourth-order valence-corrected chi connectivity index (χ4v) is 5.76. The van der Waals surface area contributed by atoms with E-state index in [2.05, 4.69) is 76.3 Å². The molecular weight excluding hydrogens is 607 g/mol. The third-order valence-corrected chi connectivity index (χ3v) is 8.04. The van der Waals surface area contributed by atoms with Crippen molar-refractivity contribution in [3.05, 3.63) is 84.4 Å². The largest absolute Gasteiger partial charge is 2.00 e. The van der Waals surface area contributed by atoms with Crippen LogP contribution in [-0.2, 0) is 21.9 Å². The summed E-state index contributed by atoms with van der Waals surface area (Å²) in [5, 5.41) is 12.2. The summed E-state index contributed by atoms with van der Waals surface area (Å²) >= 11 is 0. The van der Waals surface area contributed by atoms with Gasteiger partial charge in [0.25, 0.3) is 0 Å². The Morgan fingerprint density at radius 1 is 0.489 bits per heavy atom. The molecule has 0 unspecified atom stereocenters. The van der Waals surface area contributed by atoms with E-state index in [4.69, 9.17) is 24.9 Å². The van der Waals surface area contributed by atoms with E-state index in [-0.39, 0.29) is 33.5 Å². The Morgan fingerprint density at radius 3 is 1.44 bits per heavy atom. The number of hydrogen-bond acceptors (Lipinski definition) is 8. The monoisotopic (exact) mass is 628 g/mol. The molecule has 11 heteroatoms. The van der Waals surface area contributed by atoms with Crippen LogP contribution in [0.4, 0.5) is 0 Å². The van der Waals surface area contributed by atoms with Gasteiger partial charge in [-0.1, -0.05) is 87.5 Å². The molecule has 8 bridgehead atoms. The number of rotatable bonds is 0. The topological polar surface area (TPSA) is 131 Å². The van der Waals surface area contributed by atoms with Gasteiger partial charge in [-0.05, 0) is 44.7 Å². The summed E-state index contributed by atoms with van der Waals surface area (Å²) < 4.78 is 0. The van der Waals surface area contributed by atoms with E-state index >= 15 is 0 Å². The van der Waals surface area contributed by atoms with Crippen LogP contribution in [0.15, 0.2) is 78.9 Å². The molecule has 0 aliphatic carbocycles. The smallest absolute Gasteiger partial charge is 0.357 e. The van der Waals surface area contributed by atoms with Crippen molar-refractivity contribution in [2.45, 2.75) is 26.2 Å². The minimum atomic E-state index is 0. The molecule has 218 valence electrons. The van der Waals surface area contributed by atoms with Crippen molar-refractivity contribution in [3.8, 4) is 45.6 Å². The molecule has 0 radical (unpaired) electrons. The summed E-state index contributed by atoms with van der Waals surface area (Å²) in [7, 11) is 0. The summed E-state index contributed by atoms with van der Waals surface area (Å²) in [5.41, 5.74) is 5.66. The second kappa shape index (κ2) is 9.80. The molecule has 2 aliphatic heterocycles. The van der Waals surface area contributed by atoms with E-state index < -0.39 is 0 Å². The van der Waals surface area contributed by atoms with Crippen LogP contribution in [0.5, 0.6) is 0 Å². The van der Waals surface area contributed by atoms with Gasteiger partial charge in [0.05, 0.1) is 11.6 Å². The van der Waals surface area contributed by atoms with Crippen LogP contribution in [0, 0.1) is 0 Å². The quantitative estimate of drug-likeness (QED) is 0.178. The average molecular weight is 629 g/mol. The predicted octanol–water partition coefficient (Wildman–Crippen LogP) is 6.21. The van der Waals surface area contributed by atoms with Gasteiger partial charge in [-0.2, -0.15) is 0 Å². The molecule has 0 atom stereocenters. The first kappa shape index (κ1) is 27.2. The van der Waals surface area contributed by atoms with Crippen molar-refractivity contribution < 1.29 is 16.5 Å². The molecule has 0 N–H and O–H groups in total. The maximum atomic E-state index is 5.03. The average Bonchev–Trinajstić information content (AvgIpc) is 3.78. The number of hydrogen-bond donors (Lipinski definition) is 0. The van der Waals surface area contributed by atoms with Gasteiger partial charge < -0.3 is 15.0 Å². The predicted molar refractivity (Wildman–Crippen MR) is 168 cm³/mol. The third-order valence-electron chi connectivity index (χ3n) is 8.04. The van der Waals surface area contributed by atoms with Gasteiger partial charge in [-0.15, -0.1) is 0 Å². The Balaban J connectivity index is 0.00000300. The maximum Gasteiger partial charge on any atom is 2.00 e. The van der Waals surface area contributed by atoms with E-state index in [1.165, 1.54) is 5.56 Å². The van der Waals surface area contributed by atoms with Gasteiger partial charge in [-0.3, -0.25) is 15.0 Å². The zero-order valence-corrected chi connectivity index (χ0v) is 25.3. The first-order chi connectivity index (χ1) is 21.4. The van der Waals surface area contributed by atoms with Crippen molar-refractivity contribution in [1.29, 1.82) is 0 Å². The SMILES string of the molecule is CC(C)(C)c1ccc2cc3c4nc5nc(nc6nnc(nc7nc(nc([n-]4)c3cc2c1)-c1ccccc1-7)[n-]6)-c1ccccc1-5.[Ni+2]. The molecule has 0 saturated carbocycles. The van der Waals surface area contributed by atoms with Crippen molar-refractivity contribution in [2.24, 2.45) is 0 Å². The summed E-state index contributed by atoms with van der Waals surface area (Å²) in [6.45, 7) is 6.65. The molecule has 9 rings (SSSR count). The maximum absolute atomic E-state index is 5.03. The molecule has 4 aromatic carbocycles. The van der Waals surface area contributed by atoms with Crippen LogP contribution in [0.3, 0.4) is 0 Å². The van der Waals surface area contributed by atoms with Crippen LogP contribution < -0.4 is 9.97 Å². The standard InChI is InChI=1S/C34H22N10.Ni/c1-34(2,3)19-13-12-17-15-24-25(16-18(17)14-19)31-38-27-21-9-5-7-11-23(21)29(36-27)41-33-42-32(43-44-33)40-28-22-10-6-4-8-20(22)26(35-28)37-30(24)39-31;/h4-16H,1-3H3;/q-2;+2. The Kier molecular flexibility index (Phi) is 5.92. The van der Waals surface area contributed by atoms with Crippen molar-refractivity contribution in [2.75, 3.05) is 0 Å². The van der Waals surface area contributed by atoms with E-state index in [1.54, 1.807) is 0 Å². The molecule has 0 spiro atoms. The van der Waals surface area contributed by atoms with Crippen molar-refractivity contribution in [1.82, 2.24) is 50.1 Å². The minimum Gasteiger partial charge on any atom is -0.357 e. The number of fused-ring (bicyclic) bond motifs is 18. The summed E-state index contributed by atoms with van der Waals surface area (Å²) in [6, 6.07) is 26.5. The van der Waals surface area contributed by atoms with Crippen LogP contribution in [0.25, 0.3) is 89.9 Å². The molecule has 0 saturated heterocycles. The van der Waals surface area contributed by atoms with Crippen molar-refractivity contribution in [3.63, 3.8) is 0 Å². The zero-order chi connectivity index (χ0) is 29.6. The Bertz CT molecular complexity index is 2510. The number of benzene rings is 4. The van der Waals surface area contributed by atoms with E-state index in [9.17, 15) is 0 Å². The molecule has 45 heavy (non-hydrogen) atoms. The fourth-order valence-electron chi connectivity index (χ4n) is 5.76. The third kappa shape index (κ3) is 4.38. The first-order valence-electron chi connectivity index (χ1n) is 14.3. The van der Waals surface area contributed by atoms with E-state index in [0.717, 1.165) is 43.8 Å². The van der Waals surface area contributed by atoms with Gasteiger partial charge in [0.15, 0.2) is 0 Å². The van der Waals surface area contributed by atoms with E-state index in [1.807, 2.05) is 48.5 Å². The van der Waals surface area contributed by atoms with E-state index in [0.29, 0.717) is 34.6 Å². The van der Waals surface area contributed by atoms with Crippen LogP contribution in [0.1, 0.15) is 26.3 Å². The van der Waals surface area contributed by atoms with Crippen LogP contribution in [-0.4, -0.2) is 40.1 Å². The Labute approximate surface area is 266 Å². The van der Waals surface area contributed by atoms with Crippen LogP contribution >= 0.6 is 0 Å². The first-order valence-corrected chi connectivity index (χ1v) is 14.3. The number of nitrogens with zero attached hydrogens (tertiary/aromatic N) is 10. The second-order valence-electron chi connectivity index (χ2n) is 11.9. The molecule has 0 fully saturated rings. The molecule has 3 aromatic heterocycles. The van der Waals surface area contributed by atoms with Gasteiger partial charge >= 0.3 is 16.5 Å². The van der Waals surface area contributed by atoms with Gasteiger partial charge in [0.1, 0.15) is 23.2 Å². The molecule has 10 nitrogen and oxygen atoms in total. The molecule has 7 aromatic rings. The molecule has 0 amide bonds. The normalized spacial score (nSPS) is 12.2. The summed E-state index contributed by atoms with van der Waals surface area (Å²) in [6.07, 6.45) is 0. The fraction of sp³-hybridized carbons (Fsp3) is 0.118. The van der Waals surface area contributed by atoms with Gasteiger partial charge in [0, 0.05) is 33.5 Å². The summed E-state index contributed by atoms with van der Waals surface area (Å²) in [4.78, 5) is 38.3. The van der Waals surface area contributed by atoms with Gasteiger partial charge in [-0.25, -0.2) is 20.2 Å². The number of aromatic nitrogens is 10. The Morgan fingerprint density at radius 2 is 0.956 bits per heavy atom. The molecule has 5 heterocycles. The summed E-state index contributed by atoms with van der Waals surface area (Å²) in [5.74, 6) is 2.23. The molecular formula is C34H22N10Ni. The zero-order valence-electron chi connectivity index (χ0n) is 24.3. The molecule has 2 aliphatic rings. The minimum absolute atomic E-state index is 0. The van der Waals surface area contributed by atoms with Crippen LogP contribution in [0.2, 0.25) is 0 Å².